The average molecular weight is 292 g/mol. The monoisotopic (exact) mass is 292 g/mol. The maximum Gasteiger partial charge on any atom is 0.234 e. The molecule has 1 rings (SSSR count). The molecule has 1 N–H and O–H groups in total. The summed E-state index contributed by atoms with van der Waals surface area (Å²) in [7, 11) is 3.66. The highest BCUT2D eigenvalue weighted by Gasteiger charge is 2.07. The molecule has 0 aliphatic rings. The van der Waals surface area contributed by atoms with Crippen LogP contribution in [-0.4, -0.2) is 44.6 Å². The molecule has 0 aromatic heterocycles. The van der Waals surface area contributed by atoms with Crippen LogP contribution in [0.3, 0.4) is 0 Å². The molecular weight excluding hydrogens is 264 g/mol. The lowest BCUT2D eigenvalue weighted by Crippen LogP contribution is -2.36. The van der Waals surface area contributed by atoms with Crippen LogP contribution in [0.4, 0.5) is 0 Å². The van der Waals surface area contributed by atoms with Crippen molar-refractivity contribution in [1.29, 1.82) is 0 Å². The third kappa shape index (κ3) is 7.14. The zero-order valence-electron chi connectivity index (χ0n) is 13.7. The number of para-hydroxylation sites is 1. The van der Waals surface area contributed by atoms with Gasteiger partial charge in [-0.3, -0.25) is 9.69 Å². The molecule has 0 saturated heterocycles. The SMILES string of the molecule is COc1ccccc1CCNC(=O)CN(C)CCC(C)C. The molecule has 0 aliphatic heterocycles. The van der Waals surface area contributed by atoms with Crippen molar-refractivity contribution in [2.24, 2.45) is 5.92 Å². The van der Waals surface area contributed by atoms with Gasteiger partial charge in [-0.15, -0.1) is 0 Å². The van der Waals surface area contributed by atoms with Crippen LogP contribution in [0, 0.1) is 5.92 Å². The molecule has 0 aliphatic carbocycles. The number of carbonyl (C=O) groups is 1. The minimum atomic E-state index is 0.0798. The molecule has 4 nitrogen and oxygen atoms in total. The van der Waals surface area contributed by atoms with Gasteiger partial charge in [0.15, 0.2) is 0 Å². The average Bonchev–Trinajstić information content (AvgIpc) is 2.45. The first-order valence-electron chi connectivity index (χ1n) is 7.60. The Morgan fingerprint density at radius 2 is 2.05 bits per heavy atom. The Labute approximate surface area is 128 Å². The van der Waals surface area contributed by atoms with Gasteiger partial charge in [0.25, 0.3) is 0 Å². The Kier molecular flexibility index (Phi) is 7.83. The van der Waals surface area contributed by atoms with Crippen molar-refractivity contribution in [3.8, 4) is 5.75 Å². The minimum absolute atomic E-state index is 0.0798. The molecule has 0 fully saturated rings. The van der Waals surface area contributed by atoms with Crippen LogP contribution in [0.25, 0.3) is 0 Å². The third-order valence-corrected chi connectivity index (χ3v) is 3.41. The zero-order chi connectivity index (χ0) is 15.7. The first kappa shape index (κ1) is 17.5. The predicted molar refractivity (Wildman–Crippen MR) is 86.7 cm³/mol. The number of ether oxygens (including phenoxy) is 1. The van der Waals surface area contributed by atoms with Crippen LogP contribution in [0.5, 0.6) is 5.75 Å². The van der Waals surface area contributed by atoms with Crippen LogP contribution < -0.4 is 10.1 Å². The summed E-state index contributed by atoms with van der Waals surface area (Å²) in [6.07, 6.45) is 1.90. The number of benzene rings is 1. The van der Waals surface area contributed by atoms with Crippen molar-refractivity contribution >= 4 is 5.91 Å². The molecule has 4 heteroatoms. The molecule has 0 unspecified atom stereocenters. The second-order valence-electron chi connectivity index (χ2n) is 5.83. The Morgan fingerprint density at radius 1 is 1.33 bits per heavy atom. The maximum absolute atomic E-state index is 11.9. The summed E-state index contributed by atoms with van der Waals surface area (Å²) >= 11 is 0. The molecule has 0 saturated carbocycles. The van der Waals surface area contributed by atoms with Crippen LogP contribution in [-0.2, 0) is 11.2 Å². The summed E-state index contributed by atoms with van der Waals surface area (Å²) in [6, 6.07) is 7.90. The van der Waals surface area contributed by atoms with E-state index in [9.17, 15) is 4.79 Å². The minimum Gasteiger partial charge on any atom is -0.496 e. The molecule has 21 heavy (non-hydrogen) atoms. The molecule has 118 valence electrons. The van der Waals surface area contributed by atoms with Crippen molar-refractivity contribution in [3.05, 3.63) is 29.8 Å². The Bertz CT molecular complexity index is 433. The molecule has 1 amide bonds. The molecule has 0 heterocycles. The quantitative estimate of drug-likeness (QED) is 0.759. The second-order valence-corrected chi connectivity index (χ2v) is 5.83. The van der Waals surface area contributed by atoms with Crippen LogP contribution in [0.15, 0.2) is 24.3 Å². The van der Waals surface area contributed by atoms with E-state index in [1.54, 1.807) is 7.11 Å². The smallest absolute Gasteiger partial charge is 0.234 e. The number of nitrogens with zero attached hydrogens (tertiary/aromatic N) is 1. The van der Waals surface area contributed by atoms with Gasteiger partial charge >= 0.3 is 0 Å². The number of hydrogen-bond acceptors (Lipinski definition) is 3. The number of likely N-dealkylation sites (N-methyl/N-ethyl adjacent to an activating group) is 1. The molecule has 0 atom stereocenters. The summed E-state index contributed by atoms with van der Waals surface area (Å²) in [5.41, 5.74) is 1.12. The fourth-order valence-corrected chi connectivity index (χ4v) is 2.10. The van der Waals surface area contributed by atoms with E-state index >= 15 is 0 Å². The number of carbonyl (C=O) groups excluding carboxylic acids is 1. The van der Waals surface area contributed by atoms with E-state index in [2.05, 4.69) is 24.1 Å². The van der Waals surface area contributed by atoms with Crippen molar-refractivity contribution in [2.75, 3.05) is 33.8 Å². The summed E-state index contributed by atoms with van der Waals surface area (Å²) in [5, 5.41) is 2.96. The molecule has 0 spiro atoms. The van der Waals surface area contributed by atoms with Crippen molar-refractivity contribution in [1.82, 2.24) is 10.2 Å². The molecule has 0 bridgehead atoms. The standard InChI is InChI=1S/C17H28N2O2/c1-14(2)10-12-19(3)13-17(20)18-11-9-15-7-5-6-8-16(15)21-4/h5-8,14H,9-13H2,1-4H3,(H,18,20). The van der Waals surface area contributed by atoms with E-state index in [1.165, 1.54) is 0 Å². The van der Waals surface area contributed by atoms with Crippen LogP contribution >= 0.6 is 0 Å². The molecule has 1 aromatic carbocycles. The molecular formula is C17H28N2O2. The Morgan fingerprint density at radius 3 is 2.71 bits per heavy atom. The molecule has 0 radical (unpaired) electrons. The van der Waals surface area contributed by atoms with Gasteiger partial charge in [0.2, 0.25) is 5.91 Å². The van der Waals surface area contributed by atoms with Gasteiger partial charge in [0.05, 0.1) is 13.7 Å². The fraction of sp³-hybridized carbons (Fsp3) is 0.588. The highest BCUT2D eigenvalue weighted by Crippen LogP contribution is 2.17. The Balaban J connectivity index is 2.27. The topological polar surface area (TPSA) is 41.6 Å². The fourth-order valence-electron chi connectivity index (χ4n) is 2.10. The van der Waals surface area contributed by atoms with E-state index in [4.69, 9.17) is 4.74 Å². The number of methoxy groups -OCH3 is 1. The van der Waals surface area contributed by atoms with Crippen LogP contribution in [0.2, 0.25) is 0 Å². The number of hydrogen-bond donors (Lipinski definition) is 1. The number of nitrogens with one attached hydrogen (secondary N) is 1. The van der Waals surface area contributed by atoms with Gasteiger partial charge in [0.1, 0.15) is 5.75 Å². The largest absolute Gasteiger partial charge is 0.496 e. The van der Waals surface area contributed by atoms with E-state index in [-0.39, 0.29) is 5.91 Å². The van der Waals surface area contributed by atoms with Gasteiger partial charge in [-0.1, -0.05) is 32.0 Å². The van der Waals surface area contributed by atoms with E-state index in [1.807, 2.05) is 31.3 Å². The summed E-state index contributed by atoms with van der Waals surface area (Å²) in [6.45, 7) is 6.44. The van der Waals surface area contributed by atoms with E-state index in [0.29, 0.717) is 19.0 Å². The van der Waals surface area contributed by atoms with E-state index in [0.717, 1.165) is 30.7 Å². The summed E-state index contributed by atoms with van der Waals surface area (Å²) in [5.74, 6) is 1.62. The lowest BCUT2D eigenvalue weighted by molar-refractivity contribution is -0.121. The third-order valence-electron chi connectivity index (χ3n) is 3.41. The van der Waals surface area contributed by atoms with Gasteiger partial charge in [-0.2, -0.15) is 0 Å². The maximum atomic E-state index is 11.9. The zero-order valence-corrected chi connectivity index (χ0v) is 13.7. The Hall–Kier alpha value is -1.55. The lowest BCUT2D eigenvalue weighted by Gasteiger charge is -2.17. The second kappa shape index (κ2) is 9.40. The van der Waals surface area contributed by atoms with Crippen molar-refractivity contribution < 1.29 is 9.53 Å². The lowest BCUT2D eigenvalue weighted by atomic mass is 10.1. The molecule has 1 aromatic rings. The van der Waals surface area contributed by atoms with Gasteiger partial charge in [0, 0.05) is 6.54 Å². The highest BCUT2D eigenvalue weighted by atomic mass is 16.5. The number of rotatable bonds is 9. The first-order valence-corrected chi connectivity index (χ1v) is 7.60. The van der Waals surface area contributed by atoms with E-state index < -0.39 is 0 Å². The highest BCUT2D eigenvalue weighted by molar-refractivity contribution is 5.77. The normalized spacial score (nSPS) is 11.0. The number of amides is 1. The van der Waals surface area contributed by atoms with Crippen LogP contribution in [0.1, 0.15) is 25.8 Å². The first-order chi connectivity index (χ1) is 10.0. The predicted octanol–water partition coefficient (Wildman–Crippen LogP) is 2.33. The summed E-state index contributed by atoms with van der Waals surface area (Å²) in [4.78, 5) is 13.9. The van der Waals surface area contributed by atoms with Crippen molar-refractivity contribution in [3.63, 3.8) is 0 Å². The van der Waals surface area contributed by atoms with Crippen molar-refractivity contribution in [2.45, 2.75) is 26.7 Å². The van der Waals surface area contributed by atoms with Gasteiger partial charge in [-0.25, -0.2) is 0 Å². The van der Waals surface area contributed by atoms with Gasteiger partial charge in [-0.05, 0) is 44.0 Å². The summed E-state index contributed by atoms with van der Waals surface area (Å²) < 4.78 is 5.30. The van der Waals surface area contributed by atoms with Gasteiger partial charge < -0.3 is 10.1 Å².